The summed E-state index contributed by atoms with van der Waals surface area (Å²) in [5.74, 6) is -0.918. The van der Waals surface area contributed by atoms with Gasteiger partial charge in [0.2, 0.25) is 2.21 Å². The Hall–Kier alpha value is 0.0800. The van der Waals surface area contributed by atoms with Crippen LogP contribution >= 0.6 is 34.2 Å². The van der Waals surface area contributed by atoms with Gasteiger partial charge in [-0.05, 0) is 28.7 Å². The molecule has 0 aliphatic heterocycles. The number of aliphatic hydroxyl groups excluding tert-OH is 1. The summed E-state index contributed by atoms with van der Waals surface area (Å²) in [7, 11) is -3.73. The molecule has 0 saturated carbocycles. The second kappa shape index (κ2) is 5.38. The molecule has 0 unspecified atom stereocenters. The van der Waals surface area contributed by atoms with E-state index in [0.29, 0.717) is 0 Å². The number of rotatable bonds is 4. The summed E-state index contributed by atoms with van der Waals surface area (Å²) in [4.78, 5) is 0. The van der Waals surface area contributed by atoms with E-state index in [4.69, 9.17) is 11.6 Å². The third-order valence-electron chi connectivity index (χ3n) is 2.31. The topological polar surface area (TPSA) is 54.4 Å². The molecule has 0 saturated heterocycles. The third kappa shape index (κ3) is 2.91. The Morgan fingerprint density at radius 2 is 2.06 bits per heavy atom. The van der Waals surface area contributed by atoms with Crippen molar-refractivity contribution in [1.82, 2.24) is 0 Å². The SMILES string of the molecule is CCS(=O)(=O)[C@@](Cl)(I)[C@@H](O)c1ccccc1F. The van der Waals surface area contributed by atoms with Crippen LogP contribution in [0.3, 0.4) is 0 Å². The fourth-order valence-electron chi connectivity index (χ4n) is 1.24. The lowest BCUT2D eigenvalue weighted by Gasteiger charge is -2.26. The molecule has 17 heavy (non-hydrogen) atoms. The zero-order chi connectivity index (χ0) is 13.3. The maximum Gasteiger partial charge on any atom is 0.225 e. The van der Waals surface area contributed by atoms with Gasteiger partial charge in [-0.25, -0.2) is 12.8 Å². The zero-order valence-corrected chi connectivity index (χ0v) is 12.6. The molecule has 0 aliphatic rings. The van der Waals surface area contributed by atoms with Gasteiger partial charge >= 0.3 is 0 Å². The molecular formula is C10H11ClFIO3S. The minimum Gasteiger partial charge on any atom is -0.384 e. The largest absolute Gasteiger partial charge is 0.384 e. The first-order valence-electron chi connectivity index (χ1n) is 4.76. The normalized spacial score (nSPS) is 17.5. The van der Waals surface area contributed by atoms with E-state index in [1.807, 2.05) is 0 Å². The van der Waals surface area contributed by atoms with Crippen LogP contribution in [0.25, 0.3) is 0 Å². The maximum absolute atomic E-state index is 13.4. The van der Waals surface area contributed by atoms with Crippen LogP contribution in [-0.2, 0) is 9.84 Å². The van der Waals surface area contributed by atoms with Gasteiger partial charge in [0.25, 0.3) is 0 Å². The van der Waals surface area contributed by atoms with Crippen LogP contribution in [0.5, 0.6) is 0 Å². The van der Waals surface area contributed by atoms with E-state index in [9.17, 15) is 17.9 Å². The lowest BCUT2D eigenvalue weighted by atomic mass is 10.1. The molecule has 7 heteroatoms. The summed E-state index contributed by atoms with van der Waals surface area (Å²) in [5.41, 5.74) is -0.131. The van der Waals surface area contributed by atoms with Gasteiger partial charge in [-0.1, -0.05) is 36.7 Å². The number of hydrogen-bond donors (Lipinski definition) is 1. The number of sulfone groups is 1. The van der Waals surface area contributed by atoms with Crippen molar-refractivity contribution in [2.75, 3.05) is 5.75 Å². The van der Waals surface area contributed by atoms with Gasteiger partial charge in [0, 0.05) is 5.56 Å². The minimum absolute atomic E-state index is 0.131. The number of aliphatic hydroxyl groups is 1. The highest BCUT2D eigenvalue weighted by atomic mass is 127. The van der Waals surface area contributed by atoms with Gasteiger partial charge in [0.1, 0.15) is 11.9 Å². The van der Waals surface area contributed by atoms with Gasteiger partial charge in [0.15, 0.2) is 9.84 Å². The highest BCUT2D eigenvalue weighted by Gasteiger charge is 2.46. The molecule has 2 atom stereocenters. The summed E-state index contributed by atoms with van der Waals surface area (Å²) >= 11 is 7.29. The van der Waals surface area contributed by atoms with Crippen LogP contribution in [0.15, 0.2) is 24.3 Å². The van der Waals surface area contributed by atoms with Crippen LogP contribution in [0, 0.1) is 5.82 Å². The Balaban J connectivity index is 3.23. The predicted molar refractivity (Wildman–Crippen MR) is 73.4 cm³/mol. The quantitative estimate of drug-likeness (QED) is 0.633. The van der Waals surface area contributed by atoms with Crippen molar-refractivity contribution in [3.05, 3.63) is 35.6 Å². The summed E-state index contributed by atoms with van der Waals surface area (Å²) in [6.45, 7) is 1.42. The van der Waals surface area contributed by atoms with E-state index >= 15 is 0 Å². The van der Waals surface area contributed by atoms with Crippen molar-refractivity contribution in [2.45, 2.75) is 15.2 Å². The molecule has 1 rings (SSSR count). The lowest BCUT2D eigenvalue weighted by Crippen LogP contribution is -2.34. The standard InChI is InChI=1S/C10H11ClFIO3S/c1-2-17(15,16)10(11,13)9(14)7-5-3-4-6-8(7)12/h3-6,9,14H,2H2,1H3/t9-,10-/m0/s1. The summed E-state index contributed by atoms with van der Waals surface area (Å²) in [5, 5.41) is 9.94. The van der Waals surface area contributed by atoms with Gasteiger partial charge in [0.05, 0.1) is 5.75 Å². The molecule has 0 aromatic heterocycles. The number of benzene rings is 1. The molecule has 0 bridgehead atoms. The van der Waals surface area contributed by atoms with Crippen molar-refractivity contribution in [3.63, 3.8) is 0 Å². The second-order valence-electron chi connectivity index (χ2n) is 3.39. The van der Waals surface area contributed by atoms with Crippen molar-refractivity contribution in [2.24, 2.45) is 0 Å². The van der Waals surface area contributed by atoms with Crippen molar-refractivity contribution >= 4 is 44.0 Å². The smallest absolute Gasteiger partial charge is 0.225 e. The molecular weight excluding hydrogens is 382 g/mol. The highest BCUT2D eigenvalue weighted by Crippen LogP contribution is 2.43. The third-order valence-corrected chi connectivity index (χ3v) is 7.64. The van der Waals surface area contributed by atoms with E-state index in [1.165, 1.54) is 47.7 Å². The summed E-state index contributed by atoms with van der Waals surface area (Å²) in [6.07, 6.45) is -1.63. The Morgan fingerprint density at radius 1 is 1.53 bits per heavy atom. The first-order chi connectivity index (χ1) is 7.74. The molecule has 1 N–H and O–H groups in total. The Labute approximate surface area is 118 Å². The number of hydrogen-bond acceptors (Lipinski definition) is 3. The van der Waals surface area contributed by atoms with E-state index in [1.54, 1.807) is 0 Å². The fraction of sp³-hybridized carbons (Fsp3) is 0.400. The average molecular weight is 393 g/mol. The molecule has 0 amide bonds. The monoisotopic (exact) mass is 392 g/mol. The molecule has 0 radical (unpaired) electrons. The molecule has 3 nitrogen and oxygen atoms in total. The lowest BCUT2D eigenvalue weighted by molar-refractivity contribution is 0.182. The molecule has 0 heterocycles. The highest BCUT2D eigenvalue weighted by molar-refractivity contribution is 14.1. The van der Waals surface area contributed by atoms with Crippen LogP contribution < -0.4 is 0 Å². The predicted octanol–water partition coefficient (Wildman–Crippen LogP) is 2.62. The van der Waals surface area contributed by atoms with Crippen LogP contribution in [0.1, 0.15) is 18.6 Å². The first-order valence-corrected chi connectivity index (χ1v) is 7.87. The van der Waals surface area contributed by atoms with E-state index in [0.717, 1.165) is 6.07 Å². The second-order valence-corrected chi connectivity index (χ2v) is 9.73. The summed E-state index contributed by atoms with van der Waals surface area (Å²) in [6, 6.07) is 5.40. The Kier molecular flexibility index (Phi) is 4.79. The van der Waals surface area contributed by atoms with Crippen LogP contribution in [0.4, 0.5) is 4.39 Å². The number of halogens is 3. The summed E-state index contributed by atoms with van der Waals surface area (Å²) < 4.78 is 34.9. The minimum atomic E-state index is -3.73. The van der Waals surface area contributed by atoms with Crippen LogP contribution in [0.2, 0.25) is 0 Å². The molecule has 1 aromatic rings. The van der Waals surface area contributed by atoms with Crippen LogP contribution in [-0.4, -0.2) is 21.5 Å². The molecule has 96 valence electrons. The van der Waals surface area contributed by atoms with E-state index in [-0.39, 0.29) is 11.3 Å². The average Bonchev–Trinajstić information content (AvgIpc) is 2.28. The fourth-order valence-corrected chi connectivity index (χ4v) is 3.81. The Morgan fingerprint density at radius 3 is 2.53 bits per heavy atom. The molecule has 0 fully saturated rings. The van der Waals surface area contributed by atoms with E-state index < -0.39 is 24.0 Å². The maximum atomic E-state index is 13.4. The van der Waals surface area contributed by atoms with Gasteiger partial charge in [-0.15, -0.1) is 0 Å². The molecule has 1 aromatic carbocycles. The Bertz CT molecular complexity index is 504. The van der Waals surface area contributed by atoms with Crippen molar-refractivity contribution in [1.29, 1.82) is 0 Å². The van der Waals surface area contributed by atoms with Gasteiger partial charge < -0.3 is 5.11 Å². The van der Waals surface area contributed by atoms with Crippen molar-refractivity contribution in [3.8, 4) is 0 Å². The first kappa shape index (κ1) is 15.1. The van der Waals surface area contributed by atoms with Gasteiger partial charge in [-0.2, -0.15) is 0 Å². The zero-order valence-electron chi connectivity index (χ0n) is 8.90. The number of alkyl halides is 2. The van der Waals surface area contributed by atoms with E-state index in [2.05, 4.69) is 0 Å². The molecule has 0 aliphatic carbocycles. The van der Waals surface area contributed by atoms with Crippen molar-refractivity contribution < 1.29 is 17.9 Å². The molecule has 0 spiro atoms. The van der Waals surface area contributed by atoms with Gasteiger partial charge in [-0.3, -0.25) is 0 Å².